The van der Waals surface area contributed by atoms with E-state index in [1.165, 1.54) is 23.8 Å². The van der Waals surface area contributed by atoms with Crippen LogP contribution in [0, 0.1) is 16.7 Å². The van der Waals surface area contributed by atoms with Crippen LogP contribution in [0.4, 0.5) is 0 Å². The summed E-state index contributed by atoms with van der Waals surface area (Å²) in [5.74, 6) is 2.02. The van der Waals surface area contributed by atoms with Crippen LogP contribution < -0.4 is 5.32 Å². The first-order chi connectivity index (χ1) is 7.79. The second-order valence-corrected chi connectivity index (χ2v) is 8.32. The maximum Gasteiger partial charge on any atom is 0.156 e. The molecule has 1 aliphatic heterocycles. The van der Waals surface area contributed by atoms with Gasteiger partial charge in [-0.1, -0.05) is 46.4 Å². The number of rotatable bonds is 2. The summed E-state index contributed by atoms with van der Waals surface area (Å²) < 4.78 is 0. The zero-order valence-electron chi connectivity index (χ0n) is 11.8. The second-order valence-electron chi connectivity index (χ2n) is 7.24. The summed E-state index contributed by atoms with van der Waals surface area (Å²) in [5.41, 5.74) is 0.882. The zero-order valence-corrected chi connectivity index (χ0v) is 12.7. The van der Waals surface area contributed by atoms with Crippen molar-refractivity contribution in [2.24, 2.45) is 21.7 Å². The number of hydrogen-bond donors (Lipinski definition) is 1. The lowest BCUT2D eigenvalue weighted by Crippen LogP contribution is -2.46. The molecule has 2 rings (SSSR count). The fourth-order valence-electron chi connectivity index (χ4n) is 2.36. The Morgan fingerprint density at radius 2 is 2.06 bits per heavy atom. The first-order valence-corrected chi connectivity index (χ1v) is 7.71. The monoisotopic (exact) mass is 254 g/mol. The summed E-state index contributed by atoms with van der Waals surface area (Å²) in [6.07, 6.45) is 2.60. The van der Waals surface area contributed by atoms with E-state index in [1.807, 2.05) is 11.8 Å². The minimum Gasteiger partial charge on any atom is -0.362 e. The van der Waals surface area contributed by atoms with Gasteiger partial charge in [-0.3, -0.25) is 4.99 Å². The molecule has 0 bridgehead atoms. The van der Waals surface area contributed by atoms with E-state index in [0.717, 1.165) is 12.5 Å². The molecular formula is C14H26N2S. The van der Waals surface area contributed by atoms with E-state index >= 15 is 0 Å². The van der Waals surface area contributed by atoms with E-state index in [1.54, 1.807) is 0 Å². The van der Waals surface area contributed by atoms with Crippen LogP contribution in [0.5, 0.6) is 0 Å². The van der Waals surface area contributed by atoms with Crippen molar-refractivity contribution < 1.29 is 0 Å². The van der Waals surface area contributed by atoms with Crippen LogP contribution >= 0.6 is 11.8 Å². The minimum absolute atomic E-state index is 0.334. The van der Waals surface area contributed by atoms with Gasteiger partial charge < -0.3 is 5.32 Å². The first kappa shape index (κ1) is 13.3. The second kappa shape index (κ2) is 4.49. The molecule has 0 spiro atoms. The van der Waals surface area contributed by atoms with Crippen molar-refractivity contribution in [2.45, 2.75) is 53.5 Å². The van der Waals surface area contributed by atoms with Crippen molar-refractivity contribution in [3.63, 3.8) is 0 Å². The molecule has 17 heavy (non-hydrogen) atoms. The quantitative estimate of drug-likeness (QED) is 0.815. The molecule has 2 unspecified atom stereocenters. The highest BCUT2D eigenvalue weighted by Crippen LogP contribution is 2.51. The molecule has 1 aliphatic carbocycles. The van der Waals surface area contributed by atoms with Gasteiger partial charge in [-0.25, -0.2) is 0 Å². The van der Waals surface area contributed by atoms with Gasteiger partial charge in [0.2, 0.25) is 0 Å². The van der Waals surface area contributed by atoms with Crippen LogP contribution in [0.25, 0.3) is 0 Å². The number of hydrogen-bond acceptors (Lipinski definition) is 2. The SMILES string of the molecule is CC(C)(C)C1CCSC(=NCC2CC2(C)C)N1. The Morgan fingerprint density at radius 3 is 2.59 bits per heavy atom. The van der Waals surface area contributed by atoms with Crippen LogP contribution in [-0.4, -0.2) is 23.5 Å². The minimum atomic E-state index is 0.334. The molecule has 2 fully saturated rings. The van der Waals surface area contributed by atoms with Crippen molar-refractivity contribution in [3.8, 4) is 0 Å². The van der Waals surface area contributed by atoms with Gasteiger partial charge in [-0.15, -0.1) is 0 Å². The molecule has 0 amide bonds. The lowest BCUT2D eigenvalue weighted by Gasteiger charge is -2.35. The molecule has 2 aliphatic rings. The molecule has 0 aromatic carbocycles. The smallest absolute Gasteiger partial charge is 0.156 e. The summed E-state index contributed by atoms with van der Waals surface area (Å²) in [5, 5.41) is 4.80. The summed E-state index contributed by atoms with van der Waals surface area (Å²) in [4.78, 5) is 4.77. The molecule has 98 valence electrons. The van der Waals surface area contributed by atoms with Gasteiger partial charge in [0.15, 0.2) is 5.17 Å². The van der Waals surface area contributed by atoms with Gasteiger partial charge in [-0.05, 0) is 29.6 Å². The molecule has 0 aromatic heterocycles. The summed E-state index contributed by atoms with van der Waals surface area (Å²) >= 11 is 1.89. The summed E-state index contributed by atoms with van der Waals surface area (Å²) in [6, 6.07) is 0.578. The van der Waals surface area contributed by atoms with E-state index in [0.29, 0.717) is 16.9 Å². The predicted molar refractivity (Wildman–Crippen MR) is 77.6 cm³/mol. The van der Waals surface area contributed by atoms with Gasteiger partial charge in [0.05, 0.1) is 0 Å². The van der Waals surface area contributed by atoms with Gasteiger partial charge in [0.1, 0.15) is 0 Å². The zero-order chi connectivity index (χ0) is 12.7. The number of nitrogens with zero attached hydrogens (tertiary/aromatic N) is 1. The maximum atomic E-state index is 4.77. The standard InChI is InChI=1S/C14H26N2S/c1-13(2,3)11-6-7-17-12(16-11)15-9-10-8-14(10,4)5/h10-11H,6-9H2,1-5H3,(H,15,16). The molecule has 0 aromatic rings. The third kappa shape index (κ3) is 3.40. The fraction of sp³-hybridized carbons (Fsp3) is 0.929. The Kier molecular flexibility index (Phi) is 3.50. The Morgan fingerprint density at radius 1 is 1.41 bits per heavy atom. The highest BCUT2D eigenvalue weighted by molar-refractivity contribution is 8.13. The Hall–Kier alpha value is -0.180. The van der Waals surface area contributed by atoms with Crippen molar-refractivity contribution in [3.05, 3.63) is 0 Å². The normalized spacial score (nSPS) is 34.5. The predicted octanol–water partition coefficient (Wildman–Crippen LogP) is 3.53. The Balaban J connectivity index is 1.87. The van der Waals surface area contributed by atoms with E-state index in [4.69, 9.17) is 4.99 Å². The highest BCUT2D eigenvalue weighted by Gasteiger charge is 2.45. The fourth-order valence-corrected chi connectivity index (χ4v) is 3.30. The van der Waals surface area contributed by atoms with Crippen molar-refractivity contribution in [1.82, 2.24) is 5.32 Å². The number of thioether (sulfide) groups is 1. The van der Waals surface area contributed by atoms with Gasteiger partial charge >= 0.3 is 0 Å². The van der Waals surface area contributed by atoms with Crippen LogP contribution in [0.1, 0.15) is 47.5 Å². The summed E-state index contributed by atoms with van der Waals surface area (Å²) in [7, 11) is 0. The van der Waals surface area contributed by atoms with Gasteiger partial charge in [0.25, 0.3) is 0 Å². The maximum absolute atomic E-state index is 4.77. The average molecular weight is 254 g/mol. The Bertz CT molecular complexity index is 315. The van der Waals surface area contributed by atoms with Crippen molar-refractivity contribution in [1.29, 1.82) is 0 Å². The third-order valence-corrected chi connectivity index (χ3v) is 5.12. The molecule has 1 N–H and O–H groups in total. The number of amidine groups is 1. The van der Waals surface area contributed by atoms with Gasteiger partial charge in [-0.2, -0.15) is 0 Å². The van der Waals surface area contributed by atoms with Crippen molar-refractivity contribution in [2.75, 3.05) is 12.3 Å². The van der Waals surface area contributed by atoms with E-state index < -0.39 is 0 Å². The molecule has 1 heterocycles. The molecule has 2 atom stereocenters. The largest absolute Gasteiger partial charge is 0.362 e. The topological polar surface area (TPSA) is 24.4 Å². The number of nitrogens with one attached hydrogen (secondary N) is 1. The lowest BCUT2D eigenvalue weighted by molar-refractivity contribution is 0.290. The van der Waals surface area contributed by atoms with E-state index in [-0.39, 0.29) is 0 Å². The van der Waals surface area contributed by atoms with E-state index in [2.05, 4.69) is 39.9 Å². The first-order valence-electron chi connectivity index (χ1n) is 6.73. The third-order valence-electron chi connectivity index (χ3n) is 4.16. The van der Waals surface area contributed by atoms with Gasteiger partial charge in [0, 0.05) is 18.3 Å². The molecule has 2 nitrogen and oxygen atoms in total. The van der Waals surface area contributed by atoms with Crippen LogP contribution in [0.3, 0.4) is 0 Å². The lowest BCUT2D eigenvalue weighted by atomic mass is 9.85. The molecule has 0 radical (unpaired) electrons. The van der Waals surface area contributed by atoms with Crippen LogP contribution in [0.2, 0.25) is 0 Å². The molecule has 1 saturated heterocycles. The molecular weight excluding hydrogens is 228 g/mol. The van der Waals surface area contributed by atoms with E-state index in [9.17, 15) is 0 Å². The Labute approximate surface area is 110 Å². The van der Waals surface area contributed by atoms with Crippen LogP contribution in [-0.2, 0) is 0 Å². The average Bonchev–Trinajstić information content (AvgIpc) is 2.83. The summed E-state index contributed by atoms with van der Waals surface area (Å²) in [6.45, 7) is 12.6. The number of aliphatic imine (C=N–C) groups is 1. The molecule has 1 saturated carbocycles. The van der Waals surface area contributed by atoms with Crippen LogP contribution in [0.15, 0.2) is 4.99 Å². The van der Waals surface area contributed by atoms with Crippen molar-refractivity contribution >= 4 is 16.9 Å². The highest BCUT2D eigenvalue weighted by atomic mass is 32.2. The molecule has 3 heteroatoms.